The Morgan fingerprint density at radius 2 is 1.80 bits per heavy atom. The minimum Gasteiger partial charge on any atom is -0.496 e. The van der Waals surface area contributed by atoms with Gasteiger partial charge in [0, 0.05) is 63.7 Å². The summed E-state index contributed by atoms with van der Waals surface area (Å²) in [5.41, 5.74) is 1.45. The van der Waals surface area contributed by atoms with Crippen molar-refractivity contribution in [3.63, 3.8) is 0 Å². The normalized spacial score (nSPS) is 17.2. The molecule has 0 aliphatic carbocycles. The molecule has 0 saturated carbocycles. The van der Waals surface area contributed by atoms with Crippen LogP contribution in [0.25, 0.3) is 10.9 Å². The van der Waals surface area contributed by atoms with Gasteiger partial charge >= 0.3 is 0 Å². The third kappa shape index (κ3) is 5.67. The molecule has 40 heavy (non-hydrogen) atoms. The van der Waals surface area contributed by atoms with Crippen molar-refractivity contribution >= 4 is 28.5 Å². The van der Waals surface area contributed by atoms with Crippen LogP contribution >= 0.6 is 0 Å². The Labute approximate surface area is 233 Å². The molecule has 2 aromatic carbocycles. The molecule has 2 aliphatic heterocycles. The van der Waals surface area contributed by atoms with Crippen LogP contribution in [0.15, 0.2) is 42.5 Å². The quantitative estimate of drug-likeness (QED) is 0.421. The fourth-order valence-corrected chi connectivity index (χ4v) is 5.47. The van der Waals surface area contributed by atoms with E-state index in [1.165, 1.54) is 12.1 Å². The predicted octanol–water partition coefficient (Wildman–Crippen LogP) is 3.88. The van der Waals surface area contributed by atoms with Gasteiger partial charge in [-0.1, -0.05) is 12.1 Å². The van der Waals surface area contributed by atoms with Crippen LogP contribution in [0.3, 0.4) is 0 Å². The van der Waals surface area contributed by atoms with E-state index in [9.17, 15) is 14.0 Å². The fourth-order valence-electron chi connectivity index (χ4n) is 5.47. The number of carbonyl (C=O) groups is 2. The van der Waals surface area contributed by atoms with Gasteiger partial charge in [-0.05, 0) is 43.2 Å². The number of amides is 2. The number of aromatic nitrogens is 1. The molecule has 0 bridgehead atoms. The van der Waals surface area contributed by atoms with Crippen LogP contribution in [0.2, 0.25) is 0 Å². The molecule has 3 aromatic rings. The van der Waals surface area contributed by atoms with Crippen molar-refractivity contribution < 1.29 is 28.2 Å². The zero-order valence-electron chi connectivity index (χ0n) is 23.2. The van der Waals surface area contributed by atoms with Gasteiger partial charge in [-0.25, -0.2) is 9.37 Å². The van der Waals surface area contributed by atoms with Crippen LogP contribution in [0.5, 0.6) is 11.5 Å². The molecule has 0 radical (unpaired) electrons. The van der Waals surface area contributed by atoms with Gasteiger partial charge in [-0.2, -0.15) is 0 Å². The largest absolute Gasteiger partial charge is 0.496 e. The standard InChI is InChI=1S/C30H35FN4O5/c1-20(36)33-12-14-34(15-13-33)29-21(17-24-26(38-2)10-11-27(39-3)28(24)32-29)18-35(19-22-7-6-16-40-22)30(37)23-8-4-5-9-25(23)31/h4-5,8-11,17,22H,6-7,12-16,18-19H2,1-3H3. The number of anilines is 1. The molecule has 9 nitrogen and oxygen atoms in total. The summed E-state index contributed by atoms with van der Waals surface area (Å²) in [6, 6.07) is 11.7. The first-order chi connectivity index (χ1) is 19.4. The lowest BCUT2D eigenvalue weighted by atomic mass is 10.1. The first-order valence-electron chi connectivity index (χ1n) is 13.6. The van der Waals surface area contributed by atoms with Gasteiger partial charge in [0.2, 0.25) is 5.91 Å². The Bertz CT molecular complexity index is 1390. The van der Waals surface area contributed by atoms with Crippen LogP contribution in [0.1, 0.15) is 35.7 Å². The topological polar surface area (TPSA) is 84.4 Å². The number of hydrogen-bond donors (Lipinski definition) is 0. The second-order valence-corrected chi connectivity index (χ2v) is 10.1. The van der Waals surface area contributed by atoms with Crippen LogP contribution in [-0.4, -0.2) is 86.3 Å². The summed E-state index contributed by atoms with van der Waals surface area (Å²) >= 11 is 0. The lowest BCUT2D eigenvalue weighted by molar-refractivity contribution is -0.129. The van der Waals surface area contributed by atoms with E-state index in [4.69, 9.17) is 19.2 Å². The molecule has 212 valence electrons. The highest BCUT2D eigenvalue weighted by molar-refractivity contribution is 5.95. The average molecular weight is 551 g/mol. The van der Waals surface area contributed by atoms with Gasteiger partial charge in [-0.15, -0.1) is 0 Å². The van der Waals surface area contributed by atoms with Crippen LogP contribution in [0.4, 0.5) is 10.2 Å². The first-order valence-corrected chi connectivity index (χ1v) is 13.6. The number of methoxy groups -OCH3 is 2. The number of nitrogens with zero attached hydrogens (tertiary/aromatic N) is 4. The zero-order chi connectivity index (χ0) is 28.2. The Hall–Kier alpha value is -3.92. The van der Waals surface area contributed by atoms with Crippen LogP contribution in [-0.2, 0) is 16.1 Å². The predicted molar refractivity (Wildman–Crippen MR) is 149 cm³/mol. The average Bonchev–Trinajstić information content (AvgIpc) is 3.49. The molecule has 1 aromatic heterocycles. The third-order valence-electron chi connectivity index (χ3n) is 7.63. The Kier molecular flexibility index (Phi) is 8.35. The molecule has 0 N–H and O–H groups in total. The van der Waals surface area contributed by atoms with E-state index < -0.39 is 11.7 Å². The molecule has 1 unspecified atom stereocenters. The Morgan fingerprint density at radius 1 is 1.07 bits per heavy atom. The molecule has 2 amide bonds. The molecular formula is C30H35FN4O5. The van der Waals surface area contributed by atoms with E-state index in [0.717, 1.165) is 23.8 Å². The number of pyridine rings is 1. The van der Waals surface area contributed by atoms with Crippen molar-refractivity contribution in [3.05, 3.63) is 59.4 Å². The maximum Gasteiger partial charge on any atom is 0.257 e. The molecule has 2 aliphatic rings. The highest BCUT2D eigenvalue weighted by Crippen LogP contribution is 2.36. The SMILES string of the molecule is COc1ccc(OC)c2nc(N3CCN(C(C)=O)CC3)c(CN(CC3CCCO3)C(=O)c3ccccc3F)cc12. The van der Waals surface area contributed by atoms with Gasteiger partial charge in [-0.3, -0.25) is 9.59 Å². The third-order valence-corrected chi connectivity index (χ3v) is 7.63. The van der Waals surface area contributed by atoms with Gasteiger partial charge in [0.25, 0.3) is 5.91 Å². The molecule has 2 fully saturated rings. The number of halogens is 1. The lowest BCUT2D eigenvalue weighted by Gasteiger charge is -2.36. The first kappa shape index (κ1) is 27.6. The van der Waals surface area contributed by atoms with Crippen molar-refractivity contribution in [2.24, 2.45) is 0 Å². The molecule has 3 heterocycles. The van der Waals surface area contributed by atoms with Gasteiger partial charge < -0.3 is 28.9 Å². The van der Waals surface area contributed by atoms with E-state index in [1.54, 1.807) is 38.2 Å². The molecule has 1 atom stereocenters. The second kappa shape index (κ2) is 12.1. The number of ether oxygens (including phenoxy) is 3. The number of rotatable bonds is 8. The Balaban J connectivity index is 1.59. The fraction of sp³-hybridized carbons (Fsp3) is 0.433. The summed E-state index contributed by atoms with van der Waals surface area (Å²) in [5, 5.41) is 0.748. The van der Waals surface area contributed by atoms with Crippen molar-refractivity contribution in [2.45, 2.75) is 32.4 Å². The monoisotopic (exact) mass is 550 g/mol. The van der Waals surface area contributed by atoms with Crippen molar-refractivity contribution in [2.75, 3.05) is 58.5 Å². The highest BCUT2D eigenvalue weighted by atomic mass is 19.1. The molecule has 0 spiro atoms. The summed E-state index contributed by atoms with van der Waals surface area (Å²) in [6.07, 6.45) is 1.63. The zero-order valence-corrected chi connectivity index (χ0v) is 23.2. The number of carbonyl (C=O) groups excluding carboxylic acids is 2. The summed E-state index contributed by atoms with van der Waals surface area (Å²) < 4.78 is 31.9. The van der Waals surface area contributed by atoms with Crippen molar-refractivity contribution in [1.29, 1.82) is 0 Å². The summed E-state index contributed by atoms with van der Waals surface area (Å²) in [5.74, 6) is 0.997. The number of fused-ring (bicyclic) bond motifs is 1. The van der Waals surface area contributed by atoms with Gasteiger partial charge in [0.15, 0.2) is 0 Å². The molecule has 2 saturated heterocycles. The maximum atomic E-state index is 14.8. The minimum atomic E-state index is -0.562. The van der Waals surface area contributed by atoms with E-state index in [2.05, 4.69) is 4.90 Å². The van der Waals surface area contributed by atoms with E-state index in [1.807, 2.05) is 23.1 Å². The smallest absolute Gasteiger partial charge is 0.257 e. The number of piperazine rings is 1. The van der Waals surface area contributed by atoms with E-state index >= 15 is 0 Å². The lowest BCUT2D eigenvalue weighted by Crippen LogP contribution is -2.48. The summed E-state index contributed by atoms with van der Waals surface area (Å²) in [6.45, 7) is 5.05. The van der Waals surface area contributed by atoms with Crippen LogP contribution in [0, 0.1) is 5.82 Å². The van der Waals surface area contributed by atoms with Gasteiger partial charge in [0.1, 0.15) is 28.7 Å². The minimum absolute atomic E-state index is 0.0186. The van der Waals surface area contributed by atoms with Crippen molar-refractivity contribution in [1.82, 2.24) is 14.8 Å². The number of hydrogen-bond acceptors (Lipinski definition) is 7. The summed E-state index contributed by atoms with van der Waals surface area (Å²) in [4.78, 5) is 36.4. The van der Waals surface area contributed by atoms with Crippen LogP contribution < -0.4 is 14.4 Å². The van der Waals surface area contributed by atoms with Crippen molar-refractivity contribution in [3.8, 4) is 11.5 Å². The number of benzene rings is 2. The highest BCUT2D eigenvalue weighted by Gasteiger charge is 2.29. The molecule has 10 heteroatoms. The molecular weight excluding hydrogens is 515 g/mol. The maximum absolute atomic E-state index is 14.8. The second-order valence-electron chi connectivity index (χ2n) is 10.1. The van der Waals surface area contributed by atoms with Gasteiger partial charge in [0.05, 0.1) is 25.9 Å². The summed E-state index contributed by atoms with van der Waals surface area (Å²) in [7, 11) is 3.19. The van der Waals surface area contributed by atoms with E-state index in [-0.39, 0.29) is 24.1 Å². The van der Waals surface area contributed by atoms with E-state index in [0.29, 0.717) is 62.2 Å². The molecule has 5 rings (SSSR count). The Morgan fingerprint density at radius 3 is 2.45 bits per heavy atom.